The first-order valence-corrected chi connectivity index (χ1v) is 7.34. The van der Waals surface area contributed by atoms with E-state index in [1.807, 2.05) is 0 Å². The van der Waals surface area contributed by atoms with Gasteiger partial charge in [-0.3, -0.25) is 0 Å². The van der Waals surface area contributed by atoms with Gasteiger partial charge in [-0.05, 0) is 19.8 Å². The van der Waals surface area contributed by atoms with E-state index in [9.17, 15) is 26.7 Å². The Morgan fingerprint density at radius 3 is 2.00 bits per heavy atom. The third-order valence-electron chi connectivity index (χ3n) is 3.37. The molecule has 19 heavy (non-hydrogen) atoms. The van der Waals surface area contributed by atoms with Crippen molar-refractivity contribution in [2.45, 2.75) is 50.2 Å². The van der Waals surface area contributed by atoms with Gasteiger partial charge in [-0.1, -0.05) is 0 Å². The maximum absolute atomic E-state index is 12.6. The first-order chi connectivity index (χ1) is 8.49. The normalized spacial score (nSPS) is 33.4. The average Bonchev–Trinajstić information content (AvgIpc) is 2.31. The lowest BCUT2D eigenvalue weighted by Gasteiger charge is -2.42. The Kier molecular flexibility index (Phi) is 4.56. The molecule has 0 aliphatic heterocycles. The highest BCUT2D eigenvalue weighted by Gasteiger charge is 2.58. The topological polar surface area (TPSA) is 72.8 Å². The number of methoxy groups -OCH3 is 1. The maximum Gasteiger partial charge on any atom is 0.417 e. The molecule has 5 nitrogen and oxygen atoms in total. The van der Waals surface area contributed by atoms with Crippen LogP contribution in [-0.2, 0) is 19.0 Å². The van der Waals surface area contributed by atoms with E-state index in [1.54, 1.807) is 0 Å². The van der Waals surface area contributed by atoms with Gasteiger partial charge in [0.2, 0.25) is 0 Å². The maximum atomic E-state index is 12.6. The van der Waals surface area contributed by atoms with Crippen LogP contribution in [0.2, 0.25) is 0 Å². The van der Waals surface area contributed by atoms with Crippen molar-refractivity contribution in [1.82, 2.24) is 0 Å². The molecule has 0 saturated heterocycles. The van der Waals surface area contributed by atoms with E-state index < -0.39 is 40.5 Å². The van der Waals surface area contributed by atoms with Gasteiger partial charge in [0.05, 0.1) is 5.75 Å². The summed E-state index contributed by atoms with van der Waals surface area (Å²) in [6, 6.07) is 0. The standard InChI is InChI=1S/C10H17F3O5S/c1-3-19(15,16)18-9(17-2)6-4-8(14,5-7-9)10(11,12)13/h14H,3-7H2,1-2H3. The second-order valence-corrected chi connectivity index (χ2v) is 6.43. The summed E-state index contributed by atoms with van der Waals surface area (Å²) in [5.74, 6) is -1.92. The zero-order valence-corrected chi connectivity index (χ0v) is 11.5. The molecule has 0 aromatic rings. The van der Waals surface area contributed by atoms with Crippen LogP contribution in [-0.4, -0.2) is 44.0 Å². The zero-order chi connectivity index (χ0) is 14.9. The van der Waals surface area contributed by atoms with E-state index >= 15 is 0 Å². The number of halogens is 3. The van der Waals surface area contributed by atoms with Crippen molar-refractivity contribution in [2.75, 3.05) is 12.9 Å². The third-order valence-corrected chi connectivity index (χ3v) is 4.64. The molecule has 0 aromatic carbocycles. The van der Waals surface area contributed by atoms with E-state index in [4.69, 9.17) is 8.92 Å². The largest absolute Gasteiger partial charge is 0.417 e. The molecule has 0 amide bonds. The highest BCUT2D eigenvalue weighted by atomic mass is 32.2. The zero-order valence-electron chi connectivity index (χ0n) is 10.7. The fourth-order valence-electron chi connectivity index (χ4n) is 1.94. The van der Waals surface area contributed by atoms with E-state index in [0.717, 1.165) is 0 Å². The molecule has 1 N–H and O–H groups in total. The average molecular weight is 306 g/mol. The van der Waals surface area contributed by atoms with Crippen LogP contribution in [0, 0.1) is 0 Å². The molecule has 1 aliphatic carbocycles. The van der Waals surface area contributed by atoms with Gasteiger partial charge >= 0.3 is 6.18 Å². The molecule has 1 rings (SSSR count). The minimum absolute atomic E-state index is 0.304. The minimum atomic E-state index is -4.75. The molecule has 0 radical (unpaired) electrons. The number of hydrogen-bond donors (Lipinski definition) is 1. The van der Waals surface area contributed by atoms with Gasteiger partial charge in [0.25, 0.3) is 10.1 Å². The second-order valence-electron chi connectivity index (χ2n) is 4.57. The highest BCUT2D eigenvalue weighted by Crippen LogP contribution is 2.46. The molecule has 0 atom stereocenters. The van der Waals surface area contributed by atoms with Gasteiger partial charge < -0.3 is 9.84 Å². The predicted octanol–water partition coefficient (Wildman–Crippen LogP) is 1.56. The quantitative estimate of drug-likeness (QED) is 0.630. The van der Waals surface area contributed by atoms with Crippen LogP contribution in [0.1, 0.15) is 32.6 Å². The SMILES string of the molecule is CCS(=O)(=O)OC1(OC)CCC(O)(C(F)(F)F)CC1. The molecule has 0 bridgehead atoms. The van der Waals surface area contributed by atoms with Crippen LogP contribution in [0.4, 0.5) is 13.2 Å². The minimum Gasteiger partial charge on any atom is -0.380 e. The summed E-state index contributed by atoms with van der Waals surface area (Å²) in [7, 11) is -2.68. The monoisotopic (exact) mass is 306 g/mol. The molecule has 0 aromatic heterocycles. The summed E-state index contributed by atoms with van der Waals surface area (Å²) in [6.07, 6.45) is -6.78. The fraction of sp³-hybridized carbons (Fsp3) is 1.00. The Bertz CT molecular complexity index is 409. The Morgan fingerprint density at radius 2 is 1.68 bits per heavy atom. The first-order valence-electron chi connectivity index (χ1n) is 5.77. The summed E-state index contributed by atoms with van der Waals surface area (Å²) in [6.45, 7) is 1.35. The van der Waals surface area contributed by atoms with Gasteiger partial charge in [0.15, 0.2) is 11.4 Å². The number of hydrogen-bond acceptors (Lipinski definition) is 5. The molecule has 0 unspecified atom stereocenters. The molecule has 1 aliphatic rings. The lowest BCUT2D eigenvalue weighted by atomic mass is 9.81. The smallest absolute Gasteiger partial charge is 0.380 e. The van der Waals surface area contributed by atoms with Crippen LogP contribution in [0.15, 0.2) is 0 Å². The second kappa shape index (κ2) is 5.19. The summed E-state index contributed by atoms with van der Waals surface area (Å²) in [5, 5.41) is 9.51. The van der Waals surface area contributed by atoms with Crippen molar-refractivity contribution >= 4 is 10.1 Å². The number of alkyl halides is 3. The van der Waals surface area contributed by atoms with Crippen molar-refractivity contribution in [3.05, 3.63) is 0 Å². The van der Waals surface area contributed by atoms with Crippen LogP contribution in [0.5, 0.6) is 0 Å². The molecular formula is C10H17F3O5S. The van der Waals surface area contributed by atoms with E-state index in [2.05, 4.69) is 0 Å². The Labute approximate surface area is 109 Å². The Hall–Kier alpha value is -0.380. The van der Waals surface area contributed by atoms with E-state index in [1.165, 1.54) is 14.0 Å². The van der Waals surface area contributed by atoms with Gasteiger partial charge in [-0.25, -0.2) is 4.18 Å². The van der Waals surface area contributed by atoms with Crippen molar-refractivity contribution in [2.24, 2.45) is 0 Å². The van der Waals surface area contributed by atoms with Crippen LogP contribution in [0.3, 0.4) is 0 Å². The van der Waals surface area contributed by atoms with Gasteiger partial charge in [-0.15, -0.1) is 0 Å². The third kappa shape index (κ3) is 3.59. The van der Waals surface area contributed by atoms with Crippen LogP contribution in [0.25, 0.3) is 0 Å². The van der Waals surface area contributed by atoms with Crippen molar-refractivity contribution in [1.29, 1.82) is 0 Å². The first kappa shape index (κ1) is 16.7. The molecule has 0 heterocycles. The van der Waals surface area contributed by atoms with E-state index in [-0.39, 0.29) is 18.6 Å². The lowest BCUT2D eigenvalue weighted by molar-refractivity contribution is -0.295. The molecule has 1 saturated carbocycles. The number of ether oxygens (including phenoxy) is 1. The molecular weight excluding hydrogens is 289 g/mol. The molecule has 9 heteroatoms. The molecule has 114 valence electrons. The van der Waals surface area contributed by atoms with Crippen LogP contribution >= 0.6 is 0 Å². The molecule has 0 spiro atoms. The highest BCUT2D eigenvalue weighted by molar-refractivity contribution is 7.86. The fourth-order valence-corrected chi connectivity index (χ4v) is 2.76. The Balaban J connectivity index is 2.84. The van der Waals surface area contributed by atoms with Crippen molar-refractivity contribution in [3.63, 3.8) is 0 Å². The lowest BCUT2D eigenvalue weighted by Crippen LogP contribution is -2.53. The van der Waals surface area contributed by atoms with Gasteiger partial charge in [-0.2, -0.15) is 21.6 Å². The summed E-state index contributed by atoms with van der Waals surface area (Å²) in [4.78, 5) is 0. The van der Waals surface area contributed by atoms with Gasteiger partial charge in [0, 0.05) is 20.0 Å². The number of aliphatic hydroxyl groups is 1. The van der Waals surface area contributed by atoms with Crippen molar-refractivity contribution < 1.29 is 35.6 Å². The molecule has 1 fully saturated rings. The number of rotatable bonds is 4. The van der Waals surface area contributed by atoms with Gasteiger partial charge in [0.1, 0.15) is 0 Å². The summed E-state index contributed by atoms with van der Waals surface area (Å²) < 4.78 is 70.5. The predicted molar refractivity (Wildman–Crippen MR) is 59.8 cm³/mol. The van der Waals surface area contributed by atoms with E-state index in [0.29, 0.717) is 0 Å². The summed E-state index contributed by atoms with van der Waals surface area (Å²) >= 11 is 0. The van der Waals surface area contributed by atoms with Crippen LogP contribution < -0.4 is 0 Å². The summed E-state index contributed by atoms with van der Waals surface area (Å²) in [5.41, 5.74) is -2.81. The van der Waals surface area contributed by atoms with Crippen molar-refractivity contribution in [3.8, 4) is 0 Å². The Morgan fingerprint density at radius 1 is 1.21 bits per heavy atom.